The van der Waals surface area contributed by atoms with Crippen molar-refractivity contribution in [1.82, 2.24) is 4.90 Å². The second-order valence-corrected chi connectivity index (χ2v) is 9.42. The van der Waals surface area contributed by atoms with Crippen molar-refractivity contribution < 1.29 is 13.5 Å². The lowest BCUT2D eigenvalue weighted by Gasteiger charge is -2.23. The molecular formula is C21H19NO3S2. The normalized spacial score (nSPS) is 13.6. The monoisotopic (exact) mass is 397 g/mol. The predicted molar refractivity (Wildman–Crippen MR) is 107 cm³/mol. The minimum atomic E-state index is -3.55. The van der Waals surface area contributed by atoms with E-state index < -0.39 is 9.84 Å². The molecule has 0 aliphatic carbocycles. The summed E-state index contributed by atoms with van der Waals surface area (Å²) in [5, 5.41) is 11.2. The van der Waals surface area contributed by atoms with Crippen LogP contribution in [0.5, 0.6) is 0 Å². The van der Waals surface area contributed by atoms with Crippen molar-refractivity contribution in [2.75, 3.05) is 0 Å². The van der Waals surface area contributed by atoms with E-state index in [1.807, 2.05) is 12.1 Å². The van der Waals surface area contributed by atoms with E-state index in [1.165, 1.54) is 22.6 Å². The predicted octanol–water partition coefficient (Wildman–Crippen LogP) is 4.06. The van der Waals surface area contributed by atoms with Gasteiger partial charge in [-0.2, -0.15) is 0 Å². The third-order valence-electron chi connectivity index (χ3n) is 4.63. The molecule has 6 heteroatoms. The van der Waals surface area contributed by atoms with Crippen LogP contribution in [0.15, 0.2) is 76.0 Å². The number of aliphatic hydroxyl groups is 1. The Labute approximate surface area is 162 Å². The van der Waals surface area contributed by atoms with E-state index in [0.29, 0.717) is 5.56 Å². The Morgan fingerprint density at radius 2 is 1.56 bits per heavy atom. The Morgan fingerprint density at radius 1 is 0.926 bits per heavy atom. The summed E-state index contributed by atoms with van der Waals surface area (Å²) < 4.78 is 25.5. The summed E-state index contributed by atoms with van der Waals surface area (Å²) in [5.74, 6) is 0. The van der Waals surface area contributed by atoms with E-state index in [9.17, 15) is 8.42 Å². The summed E-state index contributed by atoms with van der Waals surface area (Å²) in [5.41, 5.74) is 3.03. The molecule has 4 rings (SSSR count). The van der Waals surface area contributed by atoms with Gasteiger partial charge in [0.2, 0.25) is 9.84 Å². The summed E-state index contributed by atoms with van der Waals surface area (Å²) in [6.07, 6.45) is 4.20. The number of sulfone groups is 1. The van der Waals surface area contributed by atoms with Gasteiger partial charge in [-0.25, -0.2) is 8.42 Å². The topological polar surface area (TPSA) is 57.6 Å². The van der Waals surface area contributed by atoms with E-state index in [-0.39, 0.29) is 16.4 Å². The number of benzene rings is 2. The number of hydrogen-bond acceptors (Lipinski definition) is 5. The van der Waals surface area contributed by atoms with Gasteiger partial charge in [-0.3, -0.25) is 0 Å². The van der Waals surface area contributed by atoms with Crippen LogP contribution in [-0.2, 0) is 29.5 Å². The maximum Gasteiger partial charge on any atom is 0.206 e. The molecule has 1 aromatic heterocycles. The molecule has 1 aliphatic heterocycles. The zero-order chi connectivity index (χ0) is 18.9. The van der Waals surface area contributed by atoms with Gasteiger partial charge < -0.3 is 10.0 Å². The summed E-state index contributed by atoms with van der Waals surface area (Å²) in [6.45, 7) is 1.51. The Kier molecular flexibility index (Phi) is 4.86. The zero-order valence-corrected chi connectivity index (χ0v) is 16.2. The minimum absolute atomic E-state index is 0.104. The van der Waals surface area contributed by atoms with E-state index in [4.69, 9.17) is 5.11 Å². The van der Waals surface area contributed by atoms with Crippen LogP contribution in [0.2, 0.25) is 0 Å². The van der Waals surface area contributed by atoms with Crippen LogP contribution in [0.25, 0.3) is 6.08 Å². The lowest BCUT2D eigenvalue weighted by atomic mass is 10.1. The average molecular weight is 398 g/mol. The molecule has 1 aliphatic rings. The zero-order valence-electron chi connectivity index (χ0n) is 14.6. The molecule has 2 heterocycles. The van der Waals surface area contributed by atoms with E-state index in [2.05, 4.69) is 28.6 Å². The molecule has 0 radical (unpaired) electrons. The number of hydrogen-bond donors (Lipinski definition) is 1. The van der Waals surface area contributed by atoms with Crippen molar-refractivity contribution >= 4 is 27.3 Å². The summed E-state index contributed by atoms with van der Waals surface area (Å²) in [7, 11) is -3.55. The first kappa shape index (κ1) is 18.0. The van der Waals surface area contributed by atoms with Crippen molar-refractivity contribution in [2.45, 2.75) is 29.5 Å². The van der Waals surface area contributed by atoms with Crippen molar-refractivity contribution in [1.29, 1.82) is 0 Å². The molecule has 1 N–H and O–H groups in total. The third-order valence-corrected chi connectivity index (χ3v) is 7.33. The fourth-order valence-corrected chi connectivity index (χ4v) is 5.23. The summed E-state index contributed by atoms with van der Waals surface area (Å²) >= 11 is 1.76. The van der Waals surface area contributed by atoms with Gasteiger partial charge in [0.15, 0.2) is 0 Å². The number of nitrogens with zero attached hydrogens (tertiary/aromatic N) is 1. The third kappa shape index (κ3) is 3.69. The fraction of sp³-hybridized carbons (Fsp3) is 0.143. The Bertz CT molecular complexity index is 1070. The van der Waals surface area contributed by atoms with Gasteiger partial charge >= 0.3 is 0 Å². The van der Waals surface area contributed by atoms with Gasteiger partial charge in [0.25, 0.3) is 0 Å². The largest absolute Gasteiger partial charge is 0.392 e. The Balaban J connectivity index is 1.50. The second-order valence-electron chi connectivity index (χ2n) is 6.47. The molecule has 27 heavy (non-hydrogen) atoms. The van der Waals surface area contributed by atoms with E-state index in [0.717, 1.165) is 18.7 Å². The molecule has 0 bridgehead atoms. The Hall–Kier alpha value is -2.41. The highest BCUT2D eigenvalue weighted by Crippen LogP contribution is 2.26. The molecule has 0 amide bonds. The maximum atomic E-state index is 12.8. The maximum absolute atomic E-state index is 12.8. The van der Waals surface area contributed by atoms with E-state index >= 15 is 0 Å². The van der Waals surface area contributed by atoms with Crippen LogP contribution in [0.3, 0.4) is 0 Å². The van der Waals surface area contributed by atoms with E-state index in [1.54, 1.807) is 35.6 Å². The van der Waals surface area contributed by atoms with Crippen molar-refractivity contribution in [3.63, 3.8) is 0 Å². The van der Waals surface area contributed by atoms with Gasteiger partial charge in [0.05, 0.1) is 22.9 Å². The minimum Gasteiger partial charge on any atom is -0.392 e. The number of fused-ring (bicyclic) bond motifs is 1. The van der Waals surface area contributed by atoms with Crippen molar-refractivity contribution in [3.8, 4) is 0 Å². The van der Waals surface area contributed by atoms with Crippen LogP contribution in [0.1, 0.15) is 21.6 Å². The fourth-order valence-electron chi connectivity index (χ4n) is 3.08. The highest BCUT2D eigenvalue weighted by Gasteiger charge is 2.18. The number of aliphatic hydroxyl groups excluding tert-OH is 1. The van der Waals surface area contributed by atoms with Crippen LogP contribution in [-0.4, -0.2) is 18.4 Å². The van der Waals surface area contributed by atoms with Gasteiger partial charge in [-0.1, -0.05) is 24.3 Å². The summed E-state index contributed by atoms with van der Waals surface area (Å²) in [4.78, 5) is 4.08. The molecule has 0 unspecified atom stereocenters. The van der Waals surface area contributed by atoms with Crippen LogP contribution >= 0.6 is 11.3 Å². The highest BCUT2D eigenvalue weighted by atomic mass is 32.2. The first-order valence-electron chi connectivity index (χ1n) is 8.59. The molecular weight excluding hydrogens is 378 g/mol. The lowest BCUT2D eigenvalue weighted by molar-refractivity contribution is 0.282. The molecule has 0 atom stereocenters. The quantitative estimate of drug-likeness (QED) is 0.705. The molecule has 0 fully saturated rings. The number of thiophene rings is 1. The summed E-state index contributed by atoms with van der Waals surface area (Å²) in [6, 6.07) is 15.5. The number of rotatable bonds is 5. The molecule has 4 nitrogen and oxygen atoms in total. The first-order valence-corrected chi connectivity index (χ1v) is 10.9. The molecule has 0 saturated carbocycles. The highest BCUT2D eigenvalue weighted by molar-refractivity contribution is 7.91. The van der Waals surface area contributed by atoms with Crippen LogP contribution in [0, 0.1) is 0 Å². The second kappa shape index (κ2) is 7.31. The average Bonchev–Trinajstić information content (AvgIpc) is 3.16. The van der Waals surface area contributed by atoms with Crippen molar-refractivity contribution in [3.05, 3.63) is 87.7 Å². The first-order chi connectivity index (χ1) is 13.1. The van der Waals surface area contributed by atoms with Crippen molar-refractivity contribution in [2.24, 2.45) is 0 Å². The van der Waals surface area contributed by atoms with Gasteiger partial charge in [0, 0.05) is 17.6 Å². The van der Waals surface area contributed by atoms with Crippen LogP contribution in [0.4, 0.5) is 0 Å². The molecule has 0 spiro atoms. The van der Waals surface area contributed by atoms with Gasteiger partial charge in [-0.15, -0.1) is 11.3 Å². The Morgan fingerprint density at radius 3 is 2.19 bits per heavy atom. The van der Waals surface area contributed by atoms with Gasteiger partial charge in [0.1, 0.15) is 0 Å². The lowest BCUT2D eigenvalue weighted by Crippen LogP contribution is -2.18. The molecule has 0 saturated heterocycles. The van der Waals surface area contributed by atoms with Crippen LogP contribution < -0.4 is 0 Å². The molecule has 138 valence electrons. The SMILES string of the molecule is O=S(=O)(c1ccc(CO)cc1)c1ccc(CN2C=Cc3ccsc3C2)cc1. The smallest absolute Gasteiger partial charge is 0.206 e. The standard InChI is InChI=1S/C21H19NO3S2/c23-15-17-3-7-20(8-4-17)27(24,25)19-5-1-16(2-6-19)13-22-11-9-18-10-12-26-21(18)14-22/h1-12,23H,13-15H2. The van der Waals surface area contributed by atoms with Gasteiger partial charge in [-0.05, 0) is 58.5 Å². The molecule has 3 aromatic rings. The molecule has 2 aromatic carbocycles.